The van der Waals surface area contributed by atoms with Crippen LogP contribution in [0.25, 0.3) is 16.7 Å². The number of hydrogen-bond acceptors (Lipinski definition) is 3. The van der Waals surface area contributed by atoms with Crippen LogP contribution in [0.2, 0.25) is 0 Å². The average molecular weight is 366 g/mol. The van der Waals surface area contributed by atoms with Gasteiger partial charge in [-0.3, -0.25) is 14.8 Å². The quantitative estimate of drug-likeness (QED) is 0.593. The van der Waals surface area contributed by atoms with Crippen molar-refractivity contribution in [1.82, 2.24) is 14.5 Å². The van der Waals surface area contributed by atoms with E-state index in [-0.39, 0.29) is 5.69 Å². The molecule has 0 radical (unpaired) electrons. The van der Waals surface area contributed by atoms with Crippen molar-refractivity contribution in [1.29, 1.82) is 0 Å². The van der Waals surface area contributed by atoms with Crippen molar-refractivity contribution in [2.24, 2.45) is 0 Å². The first kappa shape index (κ1) is 14.6. The van der Waals surface area contributed by atoms with Crippen LogP contribution in [0.4, 0.5) is 0 Å². The Labute approximate surface area is 133 Å². The number of aromatic hydroxyl groups is 1. The molecule has 0 aliphatic carbocycles. The molecule has 114 valence electrons. The number of aryl methyl sites for hydroxylation is 1. The molecular formula is C14H14BrN4O3+. The molecular weight excluding hydrogens is 352 g/mol. The molecule has 0 spiro atoms. The van der Waals surface area contributed by atoms with Gasteiger partial charge in [-0.2, -0.15) is 4.57 Å². The maximum absolute atomic E-state index is 12.2. The molecule has 2 heterocycles. The van der Waals surface area contributed by atoms with E-state index in [4.69, 9.17) is 0 Å². The first-order valence-corrected chi connectivity index (χ1v) is 7.49. The Kier molecular flexibility index (Phi) is 3.40. The van der Waals surface area contributed by atoms with Gasteiger partial charge in [0.05, 0.1) is 6.54 Å². The molecule has 7 nitrogen and oxygen atoms in total. The summed E-state index contributed by atoms with van der Waals surface area (Å²) in [6.07, 6.45) is 0. The first-order valence-electron chi connectivity index (χ1n) is 6.70. The van der Waals surface area contributed by atoms with Crippen LogP contribution in [0.1, 0.15) is 12.7 Å². The number of H-pyrrole nitrogens is 2. The van der Waals surface area contributed by atoms with Crippen molar-refractivity contribution in [3.63, 3.8) is 0 Å². The monoisotopic (exact) mass is 365 g/mol. The summed E-state index contributed by atoms with van der Waals surface area (Å²) in [5.41, 5.74) is 0.275. The number of nitrogens with zero attached hydrogens (tertiary/aromatic N) is 2. The molecule has 22 heavy (non-hydrogen) atoms. The van der Waals surface area contributed by atoms with E-state index in [0.717, 1.165) is 21.3 Å². The van der Waals surface area contributed by atoms with Gasteiger partial charge in [0, 0.05) is 17.5 Å². The third-order valence-corrected chi connectivity index (χ3v) is 4.11. The molecule has 0 aliphatic heterocycles. The normalized spacial score (nSPS) is 11.2. The lowest BCUT2D eigenvalue weighted by Gasteiger charge is -2.01. The lowest BCUT2D eigenvalue weighted by molar-refractivity contribution is -0.674. The standard InChI is InChI=1S/C14H13BrN4O3/c1-3-18-7(2)19(10-6-8(15)4-5-9(10)18)11-12(20)16-14(22)17-13(11)21/h4-6H,3H2,1-2H3,(H2-,16,17,20,21,22)/p+1. The number of halogens is 1. The summed E-state index contributed by atoms with van der Waals surface area (Å²) in [4.78, 5) is 27.8. The highest BCUT2D eigenvalue weighted by molar-refractivity contribution is 9.10. The van der Waals surface area contributed by atoms with E-state index in [1.807, 2.05) is 36.6 Å². The van der Waals surface area contributed by atoms with E-state index < -0.39 is 17.1 Å². The Bertz CT molecular complexity index is 1000. The fourth-order valence-corrected chi connectivity index (χ4v) is 3.08. The molecule has 0 unspecified atom stereocenters. The molecule has 3 aromatic rings. The molecule has 1 aromatic carbocycles. The van der Waals surface area contributed by atoms with E-state index in [9.17, 15) is 14.7 Å². The number of imidazole rings is 1. The zero-order valence-corrected chi connectivity index (χ0v) is 13.6. The second-order valence-corrected chi connectivity index (χ2v) is 5.78. The number of hydrogen-bond donors (Lipinski definition) is 3. The van der Waals surface area contributed by atoms with Crippen molar-refractivity contribution in [2.45, 2.75) is 20.4 Å². The molecule has 3 N–H and O–H groups in total. The van der Waals surface area contributed by atoms with Crippen molar-refractivity contribution >= 4 is 27.0 Å². The molecule has 0 aliphatic rings. The lowest BCUT2D eigenvalue weighted by Crippen LogP contribution is -2.35. The van der Waals surface area contributed by atoms with Gasteiger partial charge in [0.15, 0.2) is 11.0 Å². The number of nitrogens with one attached hydrogen (secondary N) is 2. The van der Waals surface area contributed by atoms with Gasteiger partial charge in [0.1, 0.15) is 0 Å². The van der Waals surface area contributed by atoms with Crippen molar-refractivity contribution in [3.05, 3.63) is 49.3 Å². The summed E-state index contributed by atoms with van der Waals surface area (Å²) >= 11 is 3.41. The van der Waals surface area contributed by atoms with Crippen LogP contribution in [0, 0.1) is 6.92 Å². The van der Waals surface area contributed by atoms with Gasteiger partial charge >= 0.3 is 11.2 Å². The van der Waals surface area contributed by atoms with Crippen LogP contribution >= 0.6 is 15.9 Å². The largest absolute Gasteiger partial charge is 0.491 e. The molecule has 0 fully saturated rings. The minimum Gasteiger partial charge on any atom is -0.491 e. The SMILES string of the molecule is CC[n+]1c(C)n(-c2c(O)[nH]c(=O)[nH]c2=O)c2cc(Br)ccc21. The Morgan fingerprint density at radius 1 is 1.32 bits per heavy atom. The highest BCUT2D eigenvalue weighted by atomic mass is 79.9. The van der Waals surface area contributed by atoms with E-state index in [1.165, 1.54) is 0 Å². The van der Waals surface area contributed by atoms with Crippen LogP contribution < -0.4 is 15.8 Å². The zero-order chi connectivity index (χ0) is 16.0. The fraction of sp³-hybridized carbons (Fsp3) is 0.214. The topological polar surface area (TPSA) is 94.8 Å². The van der Waals surface area contributed by atoms with Crippen molar-refractivity contribution in [2.75, 3.05) is 0 Å². The van der Waals surface area contributed by atoms with Gasteiger partial charge in [-0.15, -0.1) is 0 Å². The maximum atomic E-state index is 12.2. The van der Waals surface area contributed by atoms with Gasteiger partial charge in [0.2, 0.25) is 5.88 Å². The van der Waals surface area contributed by atoms with Crippen LogP contribution in [-0.4, -0.2) is 19.6 Å². The molecule has 0 atom stereocenters. The third kappa shape index (κ3) is 2.07. The number of aromatic nitrogens is 4. The summed E-state index contributed by atoms with van der Waals surface area (Å²) in [6, 6.07) is 5.71. The van der Waals surface area contributed by atoms with E-state index in [1.54, 1.807) is 4.57 Å². The van der Waals surface area contributed by atoms with Gasteiger partial charge in [-0.1, -0.05) is 15.9 Å². The average Bonchev–Trinajstić information content (AvgIpc) is 2.70. The number of benzene rings is 1. The second kappa shape index (κ2) is 5.13. The minimum atomic E-state index is -0.745. The Morgan fingerprint density at radius 3 is 2.68 bits per heavy atom. The van der Waals surface area contributed by atoms with Crippen molar-refractivity contribution < 1.29 is 9.67 Å². The summed E-state index contributed by atoms with van der Waals surface area (Å²) in [5, 5.41) is 10.0. The van der Waals surface area contributed by atoms with Gasteiger partial charge in [-0.05, 0) is 19.1 Å². The number of fused-ring (bicyclic) bond motifs is 1. The predicted molar refractivity (Wildman–Crippen MR) is 84.5 cm³/mol. The van der Waals surface area contributed by atoms with E-state index >= 15 is 0 Å². The molecule has 0 bridgehead atoms. The lowest BCUT2D eigenvalue weighted by atomic mass is 10.3. The van der Waals surface area contributed by atoms with Crippen LogP contribution in [0.15, 0.2) is 32.3 Å². The fourth-order valence-electron chi connectivity index (χ4n) is 2.73. The highest BCUT2D eigenvalue weighted by Crippen LogP contribution is 2.24. The molecule has 8 heteroatoms. The van der Waals surface area contributed by atoms with Crippen LogP contribution in [0.3, 0.4) is 0 Å². The number of aromatic amines is 2. The first-order chi connectivity index (χ1) is 10.4. The molecule has 0 saturated carbocycles. The summed E-state index contributed by atoms with van der Waals surface area (Å²) in [7, 11) is 0. The van der Waals surface area contributed by atoms with Gasteiger partial charge in [-0.25, -0.2) is 9.36 Å². The Hall–Kier alpha value is -2.35. The van der Waals surface area contributed by atoms with E-state index in [2.05, 4.69) is 25.9 Å². The summed E-state index contributed by atoms with van der Waals surface area (Å²) in [5.74, 6) is 0.306. The maximum Gasteiger partial charge on any atom is 0.328 e. The Balaban J connectivity index is 2.52. The summed E-state index contributed by atoms with van der Waals surface area (Å²) < 4.78 is 4.50. The molecule has 3 rings (SSSR count). The van der Waals surface area contributed by atoms with E-state index in [0.29, 0.717) is 6.54 Å². The second-order valence-electron chi connectivity index (χ2n) is 4.87. The molecule has 0 saturated heterocycles. The highest BCUT2D eigenvalue weighted by Gasteiger charge is 2.27. The molecule has 2 aromatic heterocycles. The smallest absolute Gasteiger partial charge is 0.328 e. The van der Waals surface area contributed by atoms with Crippen molar-refractivity contribution in [3.8, 4) is 11.6 Å². The summed E-state index contributed by atoms with van der Waals surface area (Å²) in [6.45, 7) is 4.55. The molecule has 0 amide bonds. The van der Waals surface area contributed by atoms with Gasteiger partial charge < -0.3 is 5.11 Å². The minimum absolute atomic E-state index is 0.00704. The predicted octanol–water partition coefficient (Wildman–Crippen LogP) is 1.09. The zero-order valence-electron chi connectivity index (χ0n) is 12.0. The number of rotatable bonds is 2. The Morgan fingerprint density at radius 2 is 2.05 bits per heavy atom. The van der Waals surface area contributed by atoms with Crippen LogP contribution in [0.5, 0.6) is 5.88 Å². The van der Waals surface area contributed by atoms with Gasteiger partial charge in [0.25, 0.3) is 11.5 Å². The van der Waals surface area contributed by atoms with Crippen LogP contribution in [-0.2, 0) is 6.54 Å². The third-order valence-electron chi connectivity index (χ3n) is 3.62.